The second-order valence-corrected chi connectivity index (χ2v) is 8.02. The standard InChI is InChI=1S/C24H20N6O5S/c1-15-6-8-17(9-7-15)27-24(36)29-20-11-10-18(12-21(20)35-14-22(29)31)26-23(32)28-25-13-16-4-2-3-5-19(16)30(33)34/h2-13H,14H2,1H3,(H,27,36)(H2,26,28,32)/b25-13-. The topological polar surface area (TPSA) is 138 Å². The van der Waals surface area contributed by atoms with Gasteiger partial charge in [0.25, 0.3) is 11.6 Å². The molecule has 0 saturated carbocycles. The molecule has 1 aliphatic rings. The summed E-state index contributed by atoms with van der Waals surface area (Å²) in [5.41, 5.74) is 4.99. The lowest BCUT2D eigenvalue weighted by Gasteiger charge is -2.30. The molecular formula is C24H20N6O5S. The maximum absolute atomic E-state index is 12.5. The van der Waals surface area contributed by atoms with Crippen molar-refractivity contribution >= 4 is 58.2 Å². The molecule has 0 spiro atoms. The Kier molecular flexibility index (Phi) is 7.16. The van der Waals surface area contributed by atoms with Crippen molar-refractivity contribution in [2.75, 3.05) is 22.1 Å². The molecule has 3 amide bonds. The smallest absolute Gasteiger partial charge is 0.339 e. The molecule has 1 heterocycles. The van der Waals surface area contributed by atoms with E-state index in [0.717, 1.165) is 11.3 Å². The minimum Gasteiger partial charge on any atom is -0.481 e. The van der Waals surface area contributed by atoms with Crippen molar-refractivity contribution in [3.63, 3.8) is 0 Å². The number of fused-ring (bicyclic) bond motifs is 1. The van der Waals surface area contributed by atoms with Gasteiger partial charge in [0.1, 0.15) is 5.75 Å². The van der Waals surface area contributed by atoms with Crippen molar-refractivity contribution in [3.8, 4) is 5.75 Å². The number of carbonyl (C=O) groups excluding carboxylic acids is 2. The zero-order valence-corrected chi connectivity index (χ0v) is 19.7. The number of rotatable bonds is 5. The van der Waals surface area contributed by atoms with Crippen LogP contribution in [0.1, 0.15) is 11.1 Å². The fraction of sp³-hybridized carbons (Fsp3) is 0.0833. The number of anilines is 3. The van der Waals surface area contributed by atoms with Crippen LogP contribution < -0.4 is 25.7 Å². The second-order valence-electron chi connectivity index (χ2n) is 7.64. The van der Waals surface area contributed by atoms with Crippen molar-refractivity contribution in [3.05, 3.63) is 88.0 Å². The predicted molar refractivity (Wildman–Crippen MR) is 140 cm³/mol. The molecule has 0 bridgehead atoms. The normalized spacial score (nSPS) is 12.5. The van der Waals surface area contributed by atoms with Crippen molar-refractivity contribution < 1.29 is 19.2 Å². The van der Waals surface area contributed by atoms with Crippen LogP contribution in [0.25, 0.3) is 0 Å². The summed E-state index contributed by atoms with van der Waals surface area (Å²) in [5.74, 6) is 0.0128. The fourth-order valence-corrected chi connectivity index (χ4v) is 3.67. The zero-order chi connectivity index (χ0) is 25.7. The van der Waals surface area contributed by atoms with Gasteiger partial charge in [-0.05, 0) is 49.5 Å². The minimum absolute atomic E-state index is 0.135. The Balaban J connectivity index is 1.43. The summed E-state index contributed by atoms with van der Waals surface area (Å²) in [6, 6.07) is 17.6. The fourth-order valence-electron chi connectivity index (χ4n) is 3.35. The third-order valence-corrected chi connectivity index (χ3v) is 5.35. The van der Waals surface area contributed by atoms with E-state index in [0.29, 0.717) is 17.1 Å². The molecule has 0 fully saturated rings. The highest BCUT2D eigenvalue weighted by molar-refractivity contribution is 7.80. The summed E-state index contributed by atoms with van der Waals surface area (Å²) in [6.07, 6.45) is 1.18. The Morgan fingerprint density at radius 2 is 1.83 bits per heavy atom. The number of thiocarbonyl (C=S) groups is 1. The first-order chi connectivity index (χ1) is 17.3. The van der Waals surface area contributed by atoms with Crippen molar-refractivity contribution in [1.29, 1.82) is 0 Å². The van der Waals surface area contributed by atoms with E-state index in [2.05, 4.69) is 21.2 Å². The SMILES string of the molecule is Cc1ccc(NC(=S)N2C(=O)COc3cc(NC(=O)N/N=C\c4ccccc4[N+](=O)[O-])ccc32)cc1. The van der Waals surface area contributed by atoms with Crippen molar-refractivity contribution in [2.24, 2.45) is 5.10 Å². The Labute approximate surface area is 210 Å². The van der Waals surface area contributed by atoms with E-state index >= 15 is 0 Å². The average Bonchev–Trinajstić information content (AvgIpc) is 2.85. The van der Waals surface area contributed by atoms with Gasteiger partial charge in [0, 0.05) is 23.5 Å². The number of benzene rings is 3. The molecule has 11 nitrogen and oxygen atoms in total. The molecule has 3 aromatic rings. The van der Waals surface area contributed by atoms with Crippen LogP contribution >= 0.6 is 12.2 Å². The van der Waals surface area contributed by atoms with Gasteiger partial charge in [-0.1, -0.05) is 29.8 Å². The second kappa shape index (κ2) is 10.6. The van der Waals surface area contributed by atoms with Crippen LogP contribution in [0, 0.1) is 17.0 Å². The first-order valence-electron chi connectivity index (χ1n) is 10.6. The van der Waals surface area contributed by atoms with Crippen LogP contribution in [0.4, 0.5) is 27.5 Å². The number of nitrogens with one attached hydrogen (secondary N) is 3. The molecule has 3 aromatic carbocycles. The van der Waals surface area contributed by atoms with Crippen LogP contribution in [0.15, 0.2) is 71.8 Å². The van der Waals surface area contributed by atoms with Crippen molar-refractivity contribution in [1.82, 2.24) is 5.43 Å². The van der Waals surface area contributed by atoms with Gasteiger partial charge in [0.2, 0.25) is 0 Å². The highest BCUT2D eigenvalue weighted by atomic mass is 32.1. The van der Waals surface area contributed by atoms with E-state index in [-0.39, 0.29) is 28.9 Å². The van der Waals surface area contributed by atoms with Gasteiger partial charge >= 0.3 is 6.03 Å². The lowest BCUT2D eigenvalue weighted by Crippen LogP contribution is -2.45. The summed E-state index contributed by atoms with van der Waals surface area (Å²) in [7, 11) is 0. The maximum Gasteiger partial charge on any atom is 0.339 e. The number of nitro groups is 1. The molecule has 1 aliphatic heterocycles. The molecule has 12 heteroatoms. The summed E-state index contributed by atoms with van der Waals surface area (Å²) in [6.45, 7) is 1.75. The van der Waals surface area contributed by atoms with Gasteiger partial charge < -0.3 is 15.4 Å². The largest absolute Gasteiger partial charge is 0.481 e. The molecule has 0 saturated heterocycles. The molecule has 0 aliphatic carbocycles. The first-order valence-corrected chi connectivity index (χ1v) is 11.0. The van der Waals surface area contributed by atoms with Crippen LogP contribution in [0.3, 0.4) is 0 Å². The van der Waals surface area contributed by atoms with Gasteiger partial charge in [0.05, 0.1) is 22.4 Å². The van der Waals surface area contributed by atoms with E-state index in [1.807, 2.05) is 31.2 Å². The van der Waals surface area contributed by atoms with Gasteiger partial charge in [-0.15, -0.1) is 0 Å². The Bertz CT molecular complexity index is 1380. The summed E-state index contributed by atoms with van der Waals surface area (Å²) in [5, 5.41) is 20.6. The molecule has 0 aromatic heterocycles. The van der Waals surface area contributed by atoms with E-state index in [4.69, 9.17) is 17.0 Å². The van der Waals surface area contributed by atoms with E-state index in [1.165, 1.54) is 29.3 Å². The molecule has 182 valence electrons. The van der Waals surface area contributed by atoms with Crippen LogP contribution in [0.2, 0.25) is 0 Å². The van der Waals surface area contributed by atoms with Gasteiger partial charge in [0.15, 0.2) is 11.7 Å². The molecule has 0 radical (unpaired) electrons. The third-order valence-electron chi connectivity index (χ3n) is 5.07. The van der Waals surface area contributed by atoms with E-state index in [9.17, 15) is 19.7 Å². The molecule has 3 N–H and O–H groups in total. The number of urea groups is 1. The molecular weight excluding hydrogens is 484 g/mol. The van der Waals surface area contributed by atoms with Crippen LogP contribution in [-0.2, 0) is 4.79 Å². The highest BCUT2D eigenvalue weighted by Gasteiger charge is 2.29. The number of ether oxygens (including phenoxy) is 1. The summed E-state index contributed by atoms with van der Waals surface area (Å²) >= 11 is 5.46. The lowest BCUT2D eigenvalue weighted by atomic mass is 10.2. The lowest BCUT2D eigenvalue weighted by molar-refractivity contribution is -0.385. The Morgan fingerprint density at radius 1 is 1.11 bits per heavy atom. The average molecular weight is 505 g/mol. The van der Waals surface area contributed by atoms with Gasteiger partial charge in [-0.3, -0.25) is 19.8 Å². The summed E-state index contributed by atoms with van der Waals surface area (Å²) in [4.78, 5) is 36.6. The van der Waals surface area contributed by atoms with Crippen LogP contribution in [0.5, 0.6) is 5.75 Å². The van der Waals surface area contributed by atoms with E-state index in [1.54, 1.807) is 24.3 Å². The number of carbonyl (C=O) groups is 2. The molecule has 0 unspecified atom stereocenters. The van der Waals surface area contributed by atoms with Gasteiger partial charge in [-0.2, -0.15) is 5.10 Å². The number of nitrogens with zero attached hydrogens (tertiary/aromatic N) is 3. The Hall–Kier alpha value is -4.84. The number of hydrogen-bond donors (Lipinski definition) is 3. The number of amides is 3. The van der Waals surface area contributed by atoms with Crippen molar-refractivity contribution in [2.45, 2.75) is 6.92 Å². The molecule has 0 atom stereocenters. The number of aryl methyl sites for hydroxylation is 1. The predicted octanol–water partition coefficient (Wildman–Crippen LogP) is 4.18. The maximum atomic E-state index is 12.5. The highest BCUT2D eigenvalue weighted by Crippen LogP contribution is 2.35. The minimum atomic E-state index is -0.676. The Morgan fingerprint density at radius 3 is 2.58 bits per heavy atom. The van der Waals surface area contributed by atoms with Crippen LogP contribution in [-0.4, -0.2) is 34.8 Å². The quantitative estimate of drug-likeness (QED) is 0.205. The molecule has 4 rings (SSSR count). The van der Waals surface area contributed by atoms with Gasteiger partial charge in [-0.25, -0.2) is 10.2 Å². The zero-order valence-electron chi connectivity index (χ0n) is 18.9. The molecule has 36 heavy (non-hydrogen) atoms. The number of hydrogen-bond acceptors (Lipinski definition) is 7. The summed E-state index contributed by atoms with van der Waals surface area (Å²) < 4.78 is 5.54. The monoisotopic (exact) mass is 504 g/mol. The number of hydrazone groups is 1. The first kappa shape index (κ1) is 24.3. The van der Waals surface area contributed by atoms with E-state index < -0.39 is 11.0 Å². The number of para-hydroxylation sites is 1. The number of nitro benzene ring substituents is 1. The third kappa shape index (κ3) is 5.62.